The number of hydrogen-bond acceptors (Lipinski definition) is 4. The summed E-state index contributed by atoms with van der Waals surface area (Å²) in [4.78, 5) is 24.7. The van der Waals surface area contributed by atoms with Gasteiger partial charge in [-0.05, 0) is 19.8 Å². The van der Waals surface area contributed by atoms with E-state index in [0.717, 1.165) is 19.3 Å². The minimum absolute atomic E-state index is 0.0444. The first kappa shape index (κ1) is 15.3. The topological polar surface area (TPSA) is 83.6 Å². The van der Waals surface area contributed by atoms with Crippen LogP contribution in [0.15, 0.2) is 0 Å². The number of aliphatic carboxylic acids is 1. The van der Waals surface area contributed by atoms with Gasteiger partial charge in [0.15, 0.2) is 0 Å². The first-order valence-corrected chi connectivity index (χ1v) is 7.45. The van der Waals surface area contributed by atoms with Gasteiger partial charge in [0.2, 0.25) is 5.91 Å². The monoisotopic (exact) mass is 274 g/mol. The second-order valence-corrected chi connectivity index (χ2v) is 5.97. The molecule has 5 nitrogen and oxygen atoms in total. The number of nitrogens with zero attached hydrogens (tertiary/aromatic N) is 1. The average molecular weight is 274 g/mol. The summed E-state index contributed by atoms with van der Waals surface area (Å²) >= 11 is 1.50. The van der Waals surface area contributed by atoms with Gasteiger partial charge in [0.25, 0.3) is 0 Å². The van der Waals surface area contributed by atoms with E-state index in [-0.39, 0.29) is 17.9 Å². The molecule has 0 radical (unpaired) electrons. The first-order valence-electron chi connectivity index (χ1n) is 6.30. The fourth-order valence-corrected chi connectivity index (χ4v) is 3.17. The first-order chi connectivity index (χ1) is 8.43. The summed E-state index contributed by atoms with van der Waals surface area (Å²) < 4.78 is 0. The molecule has 0 spiro atoms. The lowest BCUT2D eigenvalue weighted by molar-refractivity contribution is -0.149. The second-order valence-electron chi connectivity index (χ2n) is 4.97. The summed E-state index contributed by atoms with van der Waals surface area (Å²) in [6.07, 6.45) is 2.58. The van der Waals surface area contributed by atoms with Crippen molar-refractivity contribution in [3.63, 3.8) is 0 Å². The molecular weight excluding hydrogens is 252 g/mol. The molecule has 1 rings (SSSR count). The van der Waals surface area contributed by atoms with Crippen molar-refractivity contribution in [2.75, 3.05) is 11.6 Å². The van der Waals surface area contributed by atoms with Gasteiger partial charge in [0.05, 0.1) is 5.88 Å². The molecule has 3 unspecified atom stereocenters. The van der Waals surface area contributed by atoms with E-state index in [0.29, 0.717) is 11.6 Å². The molecular formula is C12H22N2O3S. The van der Waals surface area contributed by atoms with Gasteiger partial charge in [-0.15, -0.1) is 11.8 Å². The summed E-state index contributed by atoms with van der Waals surface area (Å²) in [6, 6.07) is -0.500. The van der Waals surface area contributed by atoms with Crippen LogP contribution in [0.4, 0.5) is 0 Å². The Kier molecular flexibility index (Phi) is 5.95. The van der Waals surface area contributed by atoms with Gasteiger partial charge in [-0.2, -0.15) is 0 Å². The van der Waals surface area contributed by atoms with E-state index in [2.05, 4.69) is 0 Å². The quantitative estimate of drug-likeness (QED) is 0.758. The van der Waals surface area contributed by atoms with Crippen molar-refractivity contribution < 1.29 is 14.7 Å². The van der Waals surface area contributed by atoms with Crippen LogP contribution in [0.25, 0.3) is 0 Å². The maximum absolute atomic E-state index is 12.2. The Bertz CT molecular complexity index is 310. The summed E-state index contributed by atoms with van der Waals surface area (Å²) in [6.45, 7) is 3.81. The minimum Gasteiger partial charge on any atom is -0.480 e. The number of rotatable bonds is 6. The third-order valence-corrected chi connectivity index (χ3v) is 4.18. The molecule has 104 valence electrons. The van der Waals surface area contributed by atoms with Crippen LogP contribution < -0.4 is 5.73 Å². The molecule has 1 heterocycles. The van der Waals surface area contributed by atoms with Crippen molar-refractivity contribution in [2.24, 2.45) is 11.7 Å². The van der Waals surface area contributed by atoms with Crippen LogP contribution in [0.5, 0.6) is 0 Å². The molecule has 0 aromatic rings. The molecule has 0 aromatic carbocycles. The SMILES string of the molecule is CC(N)CCCC(C)C(=O)N1CSCC1C(=O)O. The van der Waals surface area contributed by atoms with Crippen LogP contribution in [0.2, 0.25) is 0 Å². The molecule has 0 saturated carbocycles. The predicted molar refractivity (Wildman–Crippen MR) is 72.3 cm³/mol. The van der Waals surface area contributed by atoms with Crippen molar-refractivity contribution >= 4 is 23.6 Å². The Hall–Kier alpha value is -0.750. The van der Waals surface area contributed by atoms with Crippen LogP contribution in [0, 0.1) is 5.92 Å². The maximum atomic E-state index is 12.2. The highest BCUT2D eigenvalue weighted by Crippen LogP contribution is 2.24. The summed E-state index contributed by atoms with van der Waals surface area (Å²) in [5, 5.41) is 9.04. The van der Waals surface area contributed by atoms with E-state index in [4.69, 9.17) is 10.8 Å². The van der Waals surface area contributed by atoms with E-state index in [9.17, 15) is 9.59 Å². The summed E-state index contributed by atoms with van der Waals surface area (Å²) in [5.74, 6) is -0.0846. The largest absolute Gasteiger partial charge is 0.480 e. The normalized spacial score (nSPS) is 22.8. The zero-order valence-corrected chi connectivity index (χ0v) is 11.8. The molecule has 1 saturated heterocycles. The average Bonchev–Trinajstić information content (AvgIpc) is 2.76. The van der Waals surface area contributed by atoms with Crippen LogP contribution >= 0.6 is 11.8 Å². The zero-order valence-electron chi connectivity index (χ0n) is 11.0. The van der Waals surface area contributed by atoms with Crippen molar-refractivity contribution in [3.8, 4) is 0 Å². The number of thioether (sulfide) groups is 1. The highest BCUT2D eigenvalue weighted by molar-refractivity contribution is 7.99. The van der Waals surface area contributed by atoms with Crippen LogP contribution in [0.3, 0.4) is 0 Å². The van der Waals surface area contributed by atoms with E-state index in [1.54, 1.807) is 0 Å². The van der Waals surface area contributed by atoms with Crippen LogP contribution in [0.1, 0.15) is 33.1 Å². The van der Waals surface area contributed by atoms with E-state index in [1.165, 1.54) is 16.7 Å². The van der Waals surface area contributed by atoms with E-state index in [1.807, 2.05) is 13.8 Å². The number of carboxylic acid groups (broad SMARTS) is 1. The smallest absolute Gasteiger partial charge is 0.327 e. The lowest BCUT2D eigenvalue weighted by Crippen LogP contribution is -2.44. The third kappa shape index (κ3) is 4.17. The van der Waals surface area contributed by atoms with Gasteiger partial charge in [-0.3, -0.25) is 4.79 Å². The van der Waals surface area contributed by atoms with Gasteiger partial charge >= 0.3 is 5.97 Å². The molecule has 6 heteroatoms. The molecule has 0 aliphatic carbocycles. The Morgan fingerprint density at radius 2 is 2.11 bits per heavy atom. The minimum atomic E-state index is -0.906. The Balaban J connectivity index is 2.45. The van der Waals surface area contributed by atoms with Crippen molar-refractivity contribution in [1.29, 1.82) is 0 Å². The number of hydrogen-bond donors (Lipinski definition) is 2. The molecule has 1 amide bonds. The highest BCUT2D eigenvalue weighted by atomic mass is 32.2. The van der Waals surface area contributed by atoms with E-state index < -0.39 is 12.0 Å². The lowest BCUT2D eigenvalue weighted by atomic mass is 10.0. The molecule has 18 heavy (non-hydrogen) atoms. The molecule has 3 N–H and O–H groups in total. The highest BCUT2D eigenvalue weighted by Gasteiger charge is 2.36. The summed E-state index contributed by atoms with van der Waals surface area (Å²) in [7, 11) is 0. The lowest BCUT2D eigenvalue weighted by Gasteiger charge is -2.24. The van der Waals surface area contributed by atoms with Gasteiger partial charge < -0.3 is 15.7 Å². The number of carboxylic acids is 1. The fraction of sp³-hybridized carbons (Fsp3) is 0.833. The van der Waals surface area contributed by atoms with E-state index >= 15 is 0 Å². The third-order valence-electron chi connectivity index (χ3n) is 3.17. The Labute approximate surface area is 112 Å². The summed E-state index contributed by atoms with van der Waals surface area (Å²) in [5.41, 5.74) is 5.66. The van der Waals surface area contributed by atoms with Gasteiger partial charge in [-0.1, -0.05) is 13.3 Å². The number of carbonyl (C=O) groups is 2. The number of nitrogens with two attached hydrogens (primary N) is 1. The van der Waals surface area contributed by atoms with Gasteiger partial charge in [0.1, 0.15) is 6.04 Å². The number of amides is 1. The standard InChI is InChI=1S/C12H22N2O3S/c1-8(4-3-5-9(2)13)11(15)14-7-18-6-10(14)12(16)17/h8-10H,3-7,13H2,1-2H3,(H,16,17). The molecule has 0 aromatic heterocycles. The Morgan fingerprint density at radius 3 is 2.67 bits per heavy atom. The van der Waals surface area contributed by atoms with Crippen molar-refractivity contribution in [2.45, 2.75) is 45.2 Å². The van der Waals surface area contributed by atoms with Crippen molar-refractivity contribution in [3.05, 3.63) is 0 Å². The zero-order chi connectivity index (χ0) is 13.7. The molecule has 1 fully saturated rings. The van der Waals surface area contributed by atoms with Gasteiger partial charge in [-0.25, -0.2) is 4.79 Å². The van der Waals surface area contributed by atoms with Crippen molar-refractivity contribution in [1.82, 2.24) is 4.90 Å². The van der Waals surface area contributed by atoms with Gasteiger partial charge in [0, 0.05) is 17.7 Å². The number of carbonyl (C=O) groups excluding carboxylic acids is 1. The maximum Gasteiger partial charge on any atom is 0.327 e. The predicted octanol–water partition coefficient (Wildman–Crippen LogP) is 1.13. The molecule has 1 aliphatic rings. The fourth-order valence-electron chi connectivity index (χ4n) is 2.02. The Morgan fingerprint density at radius 1 is 1.44 bits per heavy atom. The van der Waals surface area contributed by atoms with Crippen LogP contribution in [-0.2, 0) is 9.59 Å². The molecule has 3 atom stereocenters. The molecule has 1 aliphatic heterocycles. The second kappa shape index (κ2) is 6.99. The molecule has 0 bridgehead atoms. The van der Waals surface area contributed by atoms with Crippen LogP contribution in [-0.4, -0.2) is 45.6 Å².